The number of carbonyl (C=O) groups excluding carboxylic acids is 1. The van der Waals surface area contributed by atoms with E-state index in [9.17, 15) is 4.79 Å². The Labute approximate surface area is 179 Å². The van der Waals surface area contributed by atoms with Gasteiger partial charge in [0.1, 0.15) is 0 Å². The van der Waals surface area contributed by atoms with E-state index in [0.29, 0.717) is 24.5 Å². The molecule has 1 atom stereocenters. The summed E-state index contributed by atoms with van der Waals surface area (Å²) in [6.07, 6.45) is 8.33. The van der Waals surface area contributed by atoms with Gasteiger partial charge in [0.15, 0.2) is 0 Å². The van der Waals surface area contributed by atoms with Crippen LogP contribution in [0.15, 0.2) is 12.3 Å². The summed E-state index contributed by atoms with van der Waals surface area (Å²) in [6.45, 7) is 16.8. The summed E-state index contributed by atoms with van der Waals surface area (Å²) in [4.78, 5) is 11.8. The lowest BCUT2D eigenvalue weighted by Gasteiger charge is -2.37. The Kier molecular flexibility index (Phi) is 11.9. The number of amides is 1. The minimum Gasteiger partial charge on any atom is -0.396 e. The summed E-state index contributed by atoms with van der Waals surface area (Å²) in [7, 11) is 0. The number of ether oxygens (including phenoxy) is 1. The Morgan fingerprint density at radius 1 is 1.17 bits per heavy atom. The van der Waals surface area contributed by atoms with Crippen LogP contribution in [0.4, 0.5) is 0 Å². The first kappa shape index (κ1) is 26.0. The second-order valence-corrected chi connectivity index (χ2v) is 9.58. The highest BCUT2D eigenvalue weighted by molar-refractivity contribution is 5.78. The lowest BCUT2D eigenvalue weighted by molar-refractivity contribution is -0.125. The highest BCUT2D eigenvalue weighted by Crippen LogP contribution is 2.24. The van der Waals surface area contributed by atoms with Gasteiger partial charge in [-0.3, -0.25) is 4.79 Å². The van der Waals surface area contributed by atoms with Crippen LogP contribution in [0.25, 0.3) is 0 Å². The van der Waals surface area contributed by atoms with Crippen LogP contribution in [-0.4, -0.2) is 42.4 Å². The van der Waals surface area contributed by atoms with Crippen molar-refractivity contribution >= 4 is 5.91 Å². The predicted molar refractivity (Wildman–Crippen MR) is 121 cm³/mol. The summed E-state index contributed by atoms with van der Waals surface area (Å²) in [5.74, 6) is 1.32. The van der Waals surface area contributed by atoms with Gasteiger partial charge in [-0.25, -0.2) is 0 Å². The number of hydrogen-bond donors (Lipinski definition) is 3. The van der Waals surface area contributed by atoms with Crippen LogP contribution in [0.1, 0.15) is 86.0 Å². The Morgan fingerprint density at radius 2 is 1.76 bits per heavy atom. The molecule has 1 aliphatic carbocycles. The molecule has 1 unspecified atom stereocenters. The Morgan fingerprint density at radius 3 is 2.24 bits per heavy atom. The van der Waals surface area contributed by atoms with Gasteiger partial charge in [0.2, 0.25) is 5.91 Å². The standard InChI is InChI=1S/C13H25NO2.C11H21NO/c1-3-4-10(2)13(16)14-12-7-5-11(9-15)6-8-12;1-9(2)10(3)12-11(4)5-7-13-8-6-11/h10-12,15H,3-9H2,1-2H3,(H,14,16);9,12H,3,5-8H2,1-2,4H3. The molecule has 0 bridgehead atoms. The van der Waals surface area contributed by atoms with Crippen molar-refractivity contribution in [3.8, 4) is 0 Å². The Hall–Kier alpha value is -1.07. The van der Waals surface area contributed by atoms with Crippen molar-refractivity contribution in [2.75, 3.05) is 19.8 Å². The van der Waals surface area contributed by atoms with Crippen molar-refractivity contribution in [3.63, 3.8) is 0 Å². The first-order chi connectivity index (χ1) is 13.7. The topological polar surface area (TPSA) is 70.6 Å². The molecule has 0 aromatic carbocycles. The molecule has 2 rings (SSSR count). The molecule has 0 aromatic heterocycles. The van der Waals surface area contributed by atoms with E-state index >= 15 is 0 Å². The maximum Gasteiger partial charge on any atom is 0.223 e. The van der Waals surface area contributed by atoms with Gasteiger partial charge in [-0.2, -0.15) is 0 Å². The molecule has 29 heavy (non-hydrogen) atoms. The highest BCUT2D eigenvalue weighted by atomic mass is 16.5. The largest absolute Gasteiger partial charge is 0.396 e. The van der Waals surface area contributed by atoms with Gasteiger partial charge < -0.3 is 20.5 Å². The van der Waals surface area contributed by atoms with Crippen LogP contribution in [0.2, 0.25) is 0 Å². The number of hydrogen-bond acceptors (Lipinski definition) is 4. The van der Waals surface area contributed by atoms with Crippen molar-refractivity contribution in [1.82, 2.24) is 10.6 Å². The molecule has 3 N–H and O–H groups in total. The summed E-state index contributed by atoms with van der Waals surface area (Å²) in [6, 6.07) is 0.342. The van der Waals surface area contributed by atoms with Gasteiger partial charge >= 0.3 is 0 Å². The fourth-order valence-corrected chi connectivity index (χ4v) is 3.88. The van der Waals surface area contributed by atoms with Gasteiger partial charge in [0, 0.05) is 43.0 Å². The van der Waals surface area contributed by atoms with E-state index < -0.39 is 0 Å². The summed E-state index contributed by atoms with van der Waals surface area (Å²) in [5.41, 5.74) is 1.35. The average Bonchev–Trinajstić information content (AvgIpc) is 2.69. The van der Waals surface area contributed by atoms with Crippen LogP contribution >= 0.6 is 0 Å². The molecule has 0 spiro atoms. The number of aliphatic hydroxyl groups is 1. The van der Waals surface area contributed by atoms with E-state index in [-0.39, 0.29) is 17.4 Å². The number of aliphatic hydroxyl groups excluding tert-OH is 1. The zero-order chi connectivity index (χ0) is 21.9. The molecule has 1 saturated carbocycles. The maximum atomic E-state index is 11.8. The minimum absolute atomic E-state index is 0.139. The molecule has 1 saturated heterocycles. The smallest absolute Gasteiger partial charge is 0.223 e. The molecular weight excluding hydrogens is 364 g/mol. The number of allylic oxidation sites excluding steroid dienone is 1. The van der Waals surface area contributed by atoms with Crippen LogP contribution in [0, 0.1) is 17.8 Å². The fourth-order valence-electron chi connectivity index (χ4n) is 3.88. The lowest BCUT2D eigenvalue weighted by Crippen LogP contribution is -2.46. The molecule has 170 valence electrons. The van der Waals surface area contributed by atoms with Crippen LogP contribution in [-0.2, 0) is 9.53 Å². The quantitative estimate of drug-likeness (QED) is 0.554. The van der Waals surface area contributed by atoms with E-state index in [1.807, 2.05) is 6.92 Å². The predicted octanol–water partition coefficient (Wildman–Crippen LogP) is 4.40. The van der Waals surface area contributed by atoms with Crippen LogP contribution in [0.5, 0.6) is 0 Å². The van der Waals surface area contributed by atoms with Gasteiger partial charge in [-0.1, -0.05) is 40.7 Å². The molecular formula is C24H46N2O3. The van der Waals surface area contributed by atoms with E-state index in [2.05, 4.69) is 44.9 Å². The van der Waals surface area contributed by atoms with Crippen molar-refractivity contribution in [2.45, 2.75) is 97.6 Å². The van der Waals surface area contributed by atoms with Gasteiger partial charge in [0.05, 0.1) is 0 Å². The molecule has 2 fully saturated rings. The molecule has 0 aromatic rings. The van der Waals surface area contributed by atoms with E-state index in [1.54, 1.807) is 0 Å². The zero-order valence-electron chi connectivity index (χ0n) is 19.6. The second kappa shape index (κ2) is 13.3. The molecule has 1 amide bonds. The first-order valence-corrected chi connectivity index (χ1v) is 11.7. The van der Waals surface area contributed by atoms with E-state index in [4.69, 9.17) is 9.84 Å². The monoisotopic (exact) mass is 410 g/mol. The molecule has 5 nitrogen and oxygen atoms in total. The third kappa shape index (κ3) is 9.99. The van der Waals surface area contributed by atoms with Crippen molar-refractivity contribution in [1.29, 1.82) is 0 Å². The lowest BCUT2D eigenvalue weighted by atomic mass is 9.86. The van der Waals surface area contributed by atoms with Crippen molar-refractivity contribution < 1.29 is 14.6 Å². The number of carbonyl (C=O) groups is 1. The van der Waals surface area contributed by atoms with Crippen LogP contribution in [0.3, 0.4) is 0 Å². The normalized spacial score (nSPS) is 24.8. The third-order valence-electron chi connectivity index (χ3n) is 6.38. The molecule has 1 aliphatic heterocycles. The van der Waals surface area contributed by atoms with Crippen molar-refractivity contribution in [2.24, 2.45) is 17.8 Å². The summed E-state index contributed by atoms with van der Waals surface area (Å²) < 4.78 is 5.34. The Bertz CT molecular complexity index is 479. The number of rotatable bonds is 8. The molecule has 5 heteroatoms. The maximum absolute atomic E-state index is 11.8. The molecule has 2 aliphatic rings. The van der Waals surface area contributed by atoms with Gasteiger partial charge in [-0.15, -0.1) is 0 Å². The van der Waals surface area contributed by atoms with Gasteiger partial charge in [0.25, 0.3) is 0 Å². The number of nitrogens with one attached hydrogen (secondary N) is 2. The second-order valence-electron chi connectivity index (χ2n) is 9.58. The van der Waals surface area contributed by atoms with E-state index in [0.717, 1.165) is 70.3 Å². The Balaban J connectivity index is 0.000000296. The van der Waals surface area contributed by atoms with Crippen molar-refractivity contribution in [3.05, 3.63) is 12.3 Å². The van der Waals surface area contributed by atoms with E-state index in [1.165, 1.54) is 0 Å². The first-order valence-electron chi connectivity index (χ1n) is 11.7. The summed E-state index contributed by atoms with van der Waals surface area (Å²) >= 11 is 0. The molecule has 0 radical (unpaired) electrons. The highest BCUT2D eigenvalue weighted by Gasteiger charge is 2.27. The van der Waals surface area contributed by atoms with Crippen LogP contribution < -0.4 is 10.6 Å². The zero-order valence-corrected chi connectivity index (χ0v) is 19.6. The minimum atomic E-state index is 0.139. The average molecular weight is 411 g/mol. The fraction of sp³-hybridized carbons (Fsp3) is 0.875. The van der Waals surface area contributed by atoms with Gasteiger partial charge in [-0.05, 0) is 63.7 Å². The SMILES string of the molecule is C=C(NC1(C)CCOCC1)C(C)C.CCCC(C)C(=O)NC1CCC(CO)CC1. The summed E-state index contributed by atoms with van der Waals surface area (Å²) in [5, 5.41) is 15.7. The molecule has 1 heterocycles. The third-order valence-corrected chi connectivity index (χ3v) is 6.38.